The van der Waals surface area contributed by atoms with Gasteiger partial charge in [0.2, 0.25) is 5.75 Å². The second-order valence-electron chi connectivity index (χ2n) is 5.90. The Bertz CT molecular complexity index is 1030. The fraction of sp³-hybridized carbons (Fsp3) is 0.150. The largest absolute Gasteiger partial charge is 0.493 e. The van der Waals surface area contributed by atoms with E-state index in [1.54, 1.807) is 42.5 Å². The van der Waals surface area contributed by atoms with E-state index in [4.69, 9.17) is 38.0 Å². The van der Waals surface area contributed by atoms with Gasteiger partial charge in [-0.25, -0.2) is 0 Å². The fourth-order valence-corrected chi connectivity index (χ4v) is 4.11. The van der Waals surface area contributed by atoms with Crippen LogP contribution in [0.1, 0.15) is 15.9 Å². The van der Waals surface area contributed by atoms with E-state index >= 15 is 0 Å². The summed E-state index contributed by atoms with van der Waals surface area (Å²) in [6, 6.07) is 9.94. The summed E-state index contributed by atoms with van der Waals surface area (Å²) >= 11 is 12.4. The van der Waals surface area contributed by atoms with Crippen molar-refractivity contribution in [2.24, 2.45) is 0 Å². The molecule has 2 aromatic carbocycles. The lowest BCUT2D eigenvalue weighted by molar-refractivity contribution is -0.123. The van der Waals surface area contributed by atoms with Crippen molar-refractivity contribution in [2.45, 2.75) is 0 Å². The lowest BCUT2D eigenvalue weighted by Crippen LogP contribution is -2.44. The third-order valence-corrected chi connectivity index (χ3v) is 5.74. The van der Waals surface area contributed by atoms with Crippen molar-refractivity contribution in [3.8, 4) is 17.2 Å². The van der Waals surface area contributed by atoms with Crippen molar-refractivity contribution in [1.29, 1.82) is 0 Å². The van der Waals surface area contributed by atoms with Crippen LogP contribution < -0.4 is 19.6 Å². The van der Waals surface area contributed by atoms with Crippen molar-refractivity contribution in [3.63, 3.8) is 0 Å². The molecular weight excluding hydrogens is 448 g/mol. The molecule has 0 atom stereocenters. The van der Waals surface area contributed by atoms with Gasteiger partial charge in [0, 0.05) is 0 Å². The summed E-state index contributed by atoms with van der Waals surface area (Å²) in [4.78, 5) is 25.6. The van der Waals surface area contributed by atoms with E-state index < -0.39 is 11.8 Å². The number of hydrogen-bond donors (Lipinski definition) is 1. The zero-order valence-electron chi connectivity index (χ0n) is 16.2. The van der Waals surface area contributed by atoms with Gasteiger partial charge in [-0.15, -0.1) is 0 Å². The number of thiocarbonyl (C=S) groups is 1. The highest BCUT2D eigenvalue weighted by atomic mass is 35.5. The Morgan fingerprint density at radius 1 is 1.13 bits per heavy atom. The van der Waals surface area contributed by atoms with E-state index in [0.29, 0.717) is 27.7 Å². The van der Waals surface area contributed by atoms with E-state index in [9.17, 15) is 9.59 Å². The molecule has 1 fully saturated rings. The van der Waals surface area contributed by atoms with Crippen LogP contribution in [0.5, 0.6) is 17.2 Å². The lowest BCUT2D eigenvalue weighted by Gasteiger charge is -2.16. The molecule has 2 aromatic rings. The predicted molar refractivity (Wildman–Crippen MR) is 120 cm³/mol. The quantitative estimate of drug-likeness (QED) is 0.513. The third kappa shape index (κ3) is 4.38. The summed E-state index contributed by atoms with van der Waals surface area (Å²) in [5, 5.41) is 1.29. The Morgan fingerprint density at radius 3 is 2.33 bits per heavy atom. The molecular formula is C20H17ClN2O5S2. The molecule has 0 aromatic heterocycles. The minimum absolute atomic E-state index is 0.194. The molecule has 0 unspecified atom stereocenters. The van der Waals surface area contributed by atoms with Gasteiger partial charge in [-0.3, -0.25) is 15.0 Å². The molecule has 1 aliphatic heterocycles. The average Bonchev–Trinajstić information content (AvgIpc) is 3.00. The van der Waals surface area contributed by atoms with E-state index in [0.717, 1.165) is 16.8 Å². The first kappa shape index (κ1) is 21.9. The van der Waals surface area contributed by atoms with Crippen molar-refractivity contribution >= 4 is 57.8 Å². The van der Waals surface area contributed by atoms with Gasteiger partial charge in [-0.1, -0.05) is 35.5 Å². The zero-order valence-corrected chi connectivity index (χ0v) is 18.6. The van der Waals surface area contributed by atoms with E-state index in [-0.39, 0.29) is 14.9 Å². The van der Waals surface area contributed by atoms with Gasteiger partial charge >= 0.3 is 0 Å². The molecule has 0 aliphatic carbocycles. The van der Waals surface area contributed by atoms with Crippen LogP contribution >= 0.6 is 35.6 Å². The molecule has 30 heavy (non-hydrogen) atoms. The molecule has 0 spiro atoms. The molecule has 156 valence electrons. The second-order valence-corrected chi connectivity index (χ2v) is 7.98. The lowest BCUT2D eigenvalue weighted by atomic mass is 10.1. The Morgan fingerprint density at radius 2 is 1.77 bits per heavy atom. The summed E-state index contributed by atoms with van der Waals surface area (Å²) < 4.78 is 16.2. The number of hydrogen-bond acceptors (Lipinski definition) is 7. The number of thioether (sulfide) groups is 1. The number of nitrogens with zero attached hydrogens (tertiary/aromatic N) is 1. The number of rotatable bonds is 6. The van der Waals surface area contributed by atoms with Gasteiger partial charge in [0.25, 0.3) is 11.8 Å². The Labute approximate surface area is 187 Å². The highest BCUT2D eigenvalue weighted by Crippen LogP contribution is 2.40. The minimum Gasteiger partial charge on any atom is -0.493 e. The second kappa shape index (κ2) is 9.38. The van der Waals surface area contributed by atoms with E-state index in [2.05, 4.69) is 5.43 Å². The summed E-state index contributed by atoms with van der Waals surface area (Å²) in [5.41, 5.74) is 3.38. The predicted octanol–water partition coefficient (Wildman–Crippen LogP) is 3.91. The highest BCUT2D eigenvalue weighted by molar-refractivity contribution is 8.26. The maximum Gasteiger partial charge on any atom is 0.285 e. The van der Waals surface area contributed by atoms with Crippen molar-refractivity contribution in [1.82, 2.24) is 10.4 Å². The standard InChI is InChI=1S/C20H17ClN2O5S2/c1-26-14-8-11(9-15(27-2)17(14)28-3)10-16-19(25)23(20(29)30-16)22-18(24)12-6-4-5-7-13(12)21/h4-10H,1-3H3,(H,22,24)/b16-10-. The maximum atomic E-state index is 12.8. The Balaban J connectivity index is 1.86. The number of carbonyl (C=O) groups is 2. The van der Waals surface area contributed by atoms with Gasteiger partial charge in [0.05, 0.1) is 36.8 Å². The number of carbonyl (C=O) groups excluding carboxylic acids is 2. The molecule has 0 bridgehead atoms. The molecule has 1 aliphatic rings. The van der Waals surface area contributed by atoms with Crippen LogP contribution in [0, 0.1) is 0 Å². The molecule has 0 saturated carbocycles. The number of amides is 2. The van der Waals surface area contributed by atoms with Crippen molar-refractivity contribution < 1.29 is 23.8 Å². The van der Waals surface area contributed by atoms with Gasteiger partial charge < -0.3 is 14.2 Å². The van der Waals surface area contributed by atoms with Gasteiger partial charge in [-0.2, -0.15) is 5.01 Å². The number of methoxy groups -OCH3 is 3. The normalized spacial score (nSPS) is 14.8. The van der Waals surface area contributed by atoms with Crippen LogP contribution in [0.3, 0.4) is 0 Å². The highest BCUT2D eigenvalue weighted by Gasteiger charge is 2.34. The van der Waals surface area contributed by atoms with Crippen LogP contribution in [0.15, 0.2) is 41.3 Å². The minimum atomic E-state index is -0.536. The van der Waals surface area contributed by atoms with E-state index in [1.807, 2.05) is 0 Å². The average molecular weight is 465 g/mol. The third-order valence-electron chi connectivity index (χ3n) is 4.11. The molecule has 1 heterocycles. The molecule has 7 nitrogen and oxygen atoms in total. The summed E-state index contributed by atoms with van der Waals surface area (Å²) in [5.74, 6) is 0.345. The number of benzene rings is 2. The Hall–Kier alpha value is -2.75. The van der Waals surface area contributed by atoms with Gasteiger partial charge in [0.15, 0.2) is 15.8 Å². The SMILES string of the molecule is COc1cc(/C=C2\SC(=S)N(NC(=O)c3ccccc3Cl)C2=O)cc(OC)c1OC. The van der Waals surface area contributed by atoms with Crippen LogP contribution in [-0.4, -0.2) is 42.5 Å². The molecule has 1 saturated heterocycles. The topological polar surface area (TPSA) is 77.1 Å². The first-order chi connectivity index (χ1) is 14.4. The van der Waals surface area contributed by atoms with Gasteiger partial charge in [0.1, 0.15) is 0 Å². The van der Waals surface area contributed by atoms with Crippen LogP contribution in [0.4, 0.5) is 0 Å². The first-order valence-corrected chi connectivity index (χ1v) is 10.1. The Kier molecular flexibility index (Phi) is 6.86. The molecule has 2 amide bonds. The van der Waals surface area contributed by atoms with Crippen molar-refractivity contribution in [3.05, 3.63) is 57.5 Å². The van der Waals surface area contributed by atoms with Crippen LogP contribution in [0.2, 0.25) is 5.02 Å². The molecule has 10 heteroatoms. The summed E-state index contributed by atoms with van der Waals surface area (Å²) in [6.45, 7) is 0. The van der Waals surface area contributed by atoms with Gasteiger partial charge in [-0.05, 0) is 48.1 Å². The van der Waals surface area contributed by atoms with Crippen molar-refractivity contribution in [2.75, 3.05) is 21.3 Å². The first-order valence-electron chi connectivity index (χ1n) is 8.53. The number of nitrogens with one attached hydrogen (secondary N) is 1. The smallest absolute Gasteiger partial charge is 0.285 e. The summed E-state index contributed by atoms with van der Waals surface area (Å²) in [7, 11) is 4.52. The van der Waals surface area contributed by atoms with Crippen LogP contribution in [0.25, 0.3) is 6.08 Å². The number of hydrazine groups is 1. The number of halogens is 1. The van der Waals surface area contributed by atoms with E-state index in [1.165, 1.54) is 21.3 Å². The molecule has 3 rings (SSSR count). The summed E-state index contributed by atoms with van der Waals surface area (Å²) in [6.07, 6.45) is 1.63. The van der Waals surface area contributed by atoms with Crippen LogP contribution in [-0.2, 0) is 4.79 Å². The molecule has 1 N–H and O–H groups in total. The molecule has 0 radical (unpaired) electrons. The zero-order chi connectivity index (χ0) is 21.8. The number of ether oxygens (including phenoxy) is 3. The maximum absolute atomic E-state index is 12.8. The fourth-order valence-electron chi connectivity index (χ4n) is 2.71. The monoisotopic (exact) mass is 464 g/mol.